The highest BCUT2D eigenvalue weighted by molar-refractivity contribution is 5.75. The molecule has 5 nitrogen and oxygen atoms in total. The van der Waals surface area contributed by atoms with Gasteiger partial charge in [-0.2, -0.15) is 0 Å². The van der Waals surface area contributed by atoms with Gasteiger partial charge in [0.2, 0.25) is 0 Å². The lowest BCUT2D eigenvalue weighted by Gasteiger charge is -2.53. The Morgan fingerprint density at radius 1 is 1.35 bits per heavy atom. The van der Waals surface area contributed by atoms with Crippen LogP contribution in [-0.2, 0) is 25.7 Å². The summed E-state index contributed by atoms with van der Waals surface area (Å²) in [4.78, 5) is 29.1. The van der Waals surface area contributed by atoms with E-state index in [1.54, 1.807) is 5.06 Å². The van der Waals surface area contributed by atoms with Crippen LogP contribution in [0.2, 0.25) is 0 Å². The Bertz CT molecular complexity index is 598. The van der Waals surface area contributed by atoms with Crippen LogP contribution >= 0.6 is 0 Å². The molecule has 23 heavy (non-hydrogen) atoms. The second-order valence-corrected chi connectivity index (χ2v) is 7.03. The fourth-order valence-corrected chi connectivity index (χ4v) is 3.92. The first-order valence-corrected chi connectivity index (χ1v) is 8.02. The summed E-state index contributed by atoms with van der Waals surface area (Å²) in [7, 11) is 1.43. The van der Waals surface area contributed by atoms with Crippen molar-refractivity contribution in [1.82, 2.24) is 5.06 Å². The van der Waals surface area contributed by atoms with Crippen molar-refractivity contribution in [1.29, 1.82) is 0 Å². The van der Waals surface area contributed by atoms with E-state index in [9.17, 15) is 9.59 Å². The first-order chi connectivity index (χ1) is 10.9. The molecule has 5 heteroatoms. The predicted octanol–water partition coefficient (Wildman–Crippen LogP) is 2.55. The van der Waals surface area contributed by atoms with E-state index in [0.29, 0.717) is 13.0 Å². The summed E-state index contributed by atoms with van der Waals surface area (Å²) in [5.41, 5.74) is 0.912. The molecule has 1 aliphatic carbocycles. The molecular weight excluding hydrogens is 294 g/mol. The van der Waals surface area contributed by atoms with Crippen LogP contribution in [0.5, 0.6) is 0 Å². The van der Waals surface area contributed by atoms with E-state index in [2.05, 4.69) is 13.8 Å². The monoisotopic (exact) mass is 317 g/mol. The lowest BCUT2D eigenvalue weighted by molar-refractivity contribution is -0.198. The molecule has 1 aromatic carbocycles. The first kappa shape index (κ1) is 16.0. The van der Waals surface area contributed by atoms with Gasteiger partial charge in [-0.25, -0.2) is 0 Å². The molecule has 0 aromatic heterocycles. The highest BCUT2D eigenvalue weighted by atomic mass is 16.7. The summed E-state index contributed by atoms with van der Waals surface area (Å²) in [6.07, 6.45) is 1.13. The van der Waals surface area contributed by atoms with Crippen LogP contribution in [0, 0.1) is 17.3 Å². The van der Waals surface area contributed by atoms with Gasteiger partial charge in [-0.3, -0.25) is 9.59 Å². The molecule has 1 aromatic rings. The Morgan fingerprint density at radius 3 is 2.65 bits per heavy atom. The molecule has 1 saturated carbocycles. The van der Waals surface area contributed by atoms with Gasteiger partial charge in [0.25, 0.3) is 0 Å². The maximum Gasteiger partial charge on any atom is 0.326 e. The number of hydrogen-bond acceptors (Lipinski definition) is 5. The molecule has 3 rings (SSSR count). The molecule has 3 atom stereocenters. The quantitative estimate of drug-likeness (QED) is 0.799. The molecule has 0 amide bonds. The van der Waals surface area contributed by atoms with E-state index in [4.69, 9.17) is 9.57 Å². The van der Waals surface area contributed by atoms with Crippen LogP contribution in [-0.4, -0.2) is 30.2 Å². The van der Waals surface area contributed by atoms with Gasteiger partial charge in [0, 0.05) is 0 Å². The maximum absolute atomic E-state index is 11.9. The average Bonchev–Trinajstić information content (AvgIpc) is 2.87. The second kappa shape index (κ2) is 5.96. The predicted molar refractivity (Wildman–Crippen MR) is 83.9 cm³/mol. The van der Waals surface area contributed by atoms with Gasteiger partial charge >= 0.3 is 11.9 Å². The fourth-order valence-electron chi connectivity index (χ4n) is 3.92. The van der Waals surface area contributed by atoms with E-state index in [0.717, 1.165) is 12.0 Å². The number of nitrogens with zero attached hydrogens (tertiary/aromatic N) is 1. The van der Waals surface area contributed by atoms with Crippen LogP contribution in [0.4, 0.5) is 0 Å². The number of benzene rings is 1. The van der Waals surface area contributed by atoms with Gasteiger partial charge in [-0.05, 0) is 23.3 Å². The summed E-state index contributed by atoms with van der Waals surface area (Å²) < 4.78 is 4.89. The molecular formula is C18H23NO4. The maximum atomic E-state index is 11.9. The minimum atomic E-state index is -0.194. The lowest BCUT2D eigenvalue weighted by atomic mass is 9.52. The Kier molecular flexibility index (Phi) is 4.15. The molecule has 0 spiro atoms. The zero-order chi connectivity index (χ0) is 16.6. The molecule has 1 aliphatic heterocycles. The van der Waals surface area contributed by atoms with Crippen molar-refractivity contribution in [2.45, 2.75) is 39.3 Å². The number of hydroxylamine groups is 2. The Morgan fingerprint density at radius 2 is 2.04 bits per heavy atom. The van der Waals surface area contributed by atoms with Crippen LogP contribution in [0.25, 0.3) is 0 Å². The Hall–Kier alpha value is -1.88. The van der Waals surface area contributed by atoms with Crippen molar-refractivity contribution in [3.05, 3.63) is 35.9 Å². The highest BCUT2D eigenvalue weighted by Gasteiger charge is 2.58. The summed E-state index contributed by atoms with van der Waals surface area (Å²) in [5.74, 6) is -0.220. The number of methoxy groups -OCH3 is 1. The third-order valence-electron chi connectivity index (χ3n) is 5.44. The highest BCUT2D eigenvalue weighted by Crippen LogP contribution is 2.55. The standard InChI is InChI=1S/C18H23NO4/c1-18(2)13(9-14(18)17(21)22-3)15-10-16(20)23-19(15)11-12-7-5-4-6-8-12/h4-8,13-15H,9-11H2,1-3H3/t13-,14+,15+/m1/s1. The van der Waals surface area contributed by atoms with Crippen molar-refractivity contribution in [3.8, 4) is 0 Å². The molecule has 0 bridgehead atoms. The van der Waals surface area contributed by atoms with Crippen LogP contribution in [0.1, 0.15) is 32.3 Å². The van der Waals surface area contributed by atoms with E-state index < -0.39 is 0 Å². The molecule has 1 heterocycles. The Labute approximate surface area is 136 Å². The zero-order valence-corrected chi connectivity index (χ0v) is 13.8. The fraction of sp³-hybridized carbons (Fsp3) is 0.556. The molecule has 2 fully saturated rings. The van der Waals surface area contributed by atoms with Crippen molar-refractivity contribution in [2.24, 2.45) is 17.3 Å². The van der Waals surface area contributed by atoms with E-state index in [-0.39, 0.29) is 35.2 Å². The van der Waals surface area contributed by atoms with Gasteiger partial charge in [0.15, 0.2) is 0 Å². The lowest BCUT2D eigenvalue weighted by Crippen LogP contribution is -2.56. The van der Waals surface area contributed by atoms with Gasteiger partial charge in [-0.1, -0.05) is 44.2 Å². The van der Waals surface area contributed by atoms with Crippen LogP contribution in [0.15, 0.2) is 30.3 Å². The van der Waals surface area contributed by atoms with Gasteiger partial charge < -0.3 is 9.57 Å². The molecule has 0 unspecified atom stereocenters. The van der Waals surface area contributed by atoms with E-state index in [1.165, 1.54) is 7.11 Å². The smallest absolute Gasteiger partial charge is 0.326 e. The summed E-state index contributed by atoms with van der Waals surface area (Å²) in [6.45, 7) is 4.73. The number of hydrogen-bond donors (Lipinski definition) is 0. The first-order valence-electron chi connectivity index (χ1n) is 8.02. The second-order valence-electron chi connectivity index (χ2n) is 7.03. The topological polar surface area (TPSA) is 55.8 Å². The number of rotatable bonds is 4. The van der Waals surface area contributed by atoms with Gasteiger partial charge in [-0.15, -0.1) is 5.06 Å². The number of esters is 1. The van der Waals surface area contributed by atoms with Gasteiger partial charge in [0.1, 0.15) is 0 Å². The Balaban J connectivity index is 1.73. The summed E-state index contributed by atoms with van der Waals surface area (Å²) in [6, 6.07) is 9.97. The zero-order valence-electron chi connectivity index (χ0n) is 13.8. The molecule has 124 valence electrons. The van der Waals surface area contributed by atoms with Crippen molar-refractivity contribution >= 4 is 11.9 Å². The SMILES string of the molecule is COC(=O)[C@@H]1C[C@H]([C@@H]2CC(=O)ON2Cc2ccccc2)C1(C)C. The third-order valence-corrected chi connectivity index (χ3v) is 5.44. The van der Waals surface area contributed by atoms with E-state index >= 15 is 0 Å². The van der Waals surface area contributed by atoms with Gasteiger partial charge in [0.05, 0.1) is 32.0 Å². The normalized spacial score (nSPS) is 29.7. The minimum absolute atomic E-state index is 0.0126. The molecule has 2 aliphatic rings. The third kappa shape index (κ3) is 2.85. The van der Waals surface area contributed by atoms with Crippen molar-refractivity contribution in [2.75, 3.05) is 7.11 Å². The van der Waals surface area contributed by atoms with Crippen LogP contribution in [0.3, 0.4) is 0 Å². The van der Waals surface area contributed by atoms with Crippen molar-refractivity contribution < 1.29 is 19.2 Å². The minimum Gasteiger partial charge on any atom is -0.469 e. The number of ether oxygens (including phenoxy) is 1. The summed E-state index contributed by atoms with van der Waals surface area (Å²) in [5, 5.41) is 1.79. The van der Waals surface area contributed by atoms with Crippen molar-refractivity contribution in [3.63, 3.8) is 0 Å². The number of carbonyl (C=O) groups is 2. The molecule has 0 N–H and O–H groups in total. The molecule has 1 saturated heterocycles. The van der Waals surface area contributed by atoms with Crippen LogP contribution < -0.4 is 0 Å². The number of carbonyl (C=O) groups excluding carboxylic acids is 2. The average molecular weight is 317 g/mol. The van der Waals surface area contributed by atoms with E-state index in [1.807, 2.05) is 30.3 Å². The summed E-state index contributed by atoms with van der Waals surface area (Å²) >= 11 is 0. The molecule has 0 radical (unpaired) electrons. The largest absolute Gasteiger partial charge is 0.469 e.